The molecule has 1 aliphatic carbocycles. The van der Waals surface area contributed by atoms with Crippen LogP contribution in [0.1, 0.15) is 53.4 Å². The monoisotopic (exact) mass is 287 g/mol. The molecule has 0 amide bonds. The summed E-state index contributed by atoms with van der Waals surface area (Å²) in [5.74, 6) is -0.860. The molecular weight excluding hydrogens is 269 g/mol. The normalized spacial score (nSPS) is 21.3. The standard InChI is InChI=1S/C17H18FNO2/c1-8-6-12-14(17(20)21)11-5-4-9(2)10(3)15(11)19-16(12)13(18)7-8/h6-7,9-10H,4-5H2,1-3H3,(H,20,21). The van der Waals surface area contributed by atoms with E-state index in [-0.39, 0.29) is 17.0 Å². The second kappa shape index (κ2) is 4.79. The number of nitrogens with zero attached hydrogens (tertiary/aromatic N) is 1. The largest absolute Gasteiger partial charge is 0.478 e. The molecule has 1 N–H and O–H groups in total. The highest BCUT2D eigenvalue weighted by Gasteiger charge is 2.30. The van der Waals surface area contributed by atoms with E-state index >= 15 is 0 Å². The maximum Gasteiger partial charge on any atom is 0.336 e. The van der Waals surface area contributed by atoms with Crippen molar-refractivity contribution in [3.05, 3.63) is 40.3 Å². The zero-order chi connectivity index (χ0) is 15.3. The number of carboxylic acid groups (broad SMARTS) is 1. The van der Waals surface area contributed by atoms with Gasteiger partial charge >= 0.3 is 5.97 Å². The molecule has 1 aromatic carbocycles. The summed E-state index contributed by atoms with van der Waals surface area (Å²) in [7, 11) is 0. The van der Waals surface area contributed by atoms with Crippen LogP contribution in [0.25, 0.3) is 10.9 Å². The van der Waals surface area contributed by atoms with Crippen molar-refractivity contribution < 1.29 is 14.3 Å². The van der Waals surface area contributed by atoms with Crippen molar-refractivity contribution in [2.24, 2.45) is 5.92 Å². The van der Waals surface area contributed by atoms with Crippen molar-refractivity contribution in [3.8, 4) is 0 Å². The van der Waals surface area contributed by atoms with Crippen LogP contribution in [0.2, 0.25) is 0 Å². The SMILES string of the molecule is Cc1cc(F)c2nc3c(c(C(=O)O)c2c1)CCC(C)C3C. The van der Waals surface area contributed by atoms with Crippen LogP contribution in [0, 0.1) is 18.7 Å². The fraction of sp³-hybridized carbons (Fsp3) is 0.412. The zero-order valence-electron chi connectivity index (χ0n) is 12.4. The van der Waals surface area contributed by atoms with Gasteiger partial charge in [-0.15, -0.1) is 0 Å². The molecule has 1 aromatic heterocycles. The Labute approximate surface area is 122 Å². The Hall–Kier alpha value is -1.97. The molecule has 1 aliphatic rings. The van der Waals surface area contributed by atoms with E-state index in [1.165, 1.54) is 6.07 Å². The first-order valence-electron chi connectivity index (χ1n) is 7.26. The highest BCUT2D eigenvalue weighted by Crippen LogP contribution is 2.39. The topological polar surface area (TPSA) is 50.2 Å². The van der Waals surface area contributed by atoms with Gasteiger partial charge in [0.05, 0.1) is 5.56 Å². The molecule has 2 unspecified atom stereocenters. The van der Waals surface area contributed by atoms with E-state index < -0.39 is 11.8 Å². The molecule has 0 aliphatic heterocycles. The van der Waals surface area contributed by atoms with E-state index in [1.807, 2.05) is 6.92 Å². The zero-order valence-corrected chi connectivity index (χ0v) is 12.4. The number of carboxylic acids is 1. The highest BCUT2D eigenvalue weighted by molar-refractivity contribution is 6.04. The third-order valence-corrected chi connectivity index (χ3v) is 4.67. The summed E-state index contributed by atoms with van der Waals surface area (Å²) < 4.78 is 14.2. The van der Waals surface area contributed by atoms with Gasteiger partial charge in [-0.05, 0) is 48.9 Å². The fourth-order valence-corrected chi connectivity index (χ4v) is 3.28. The Morgan fingerprint density at radius 2 is 2.10 bits per heavy atom. The lowest BCUT2D eigenvalue weighted by molar-refractivity contribution is 0.0697. The number of pyridine rings is 1. The van der Waals surface area contributed by atoms with Crippen molar-refractivity contribution in [1.29, 1.82) is 0 Å². The number of fused-ring (bicyclic) bond motifs is 2. The summed E-state index contributed by atoms with van der Waals surface area (Å²) in [6.07, 6.45) is 1.64. The first-order valence-corrected chi connectivity index (χ1v) is 7.26. The average molecular weight is 287 g/mol. The van der Waals surface area contributed by atoms with Crippen LogP contribution >= 0.6 is 0 Å². The molecule has 2 aromatic rings. The minimum atomic E-state index is -0.995. The van der Waals surface area contributed by atoms with E-state index in [9.17, 15) is 14.3 Å². The van der Waals surface area contributed by atoms with Gasteiger partial charge < -0.3 is 5.11 Å². The van der Waals surface area contributed by atoms with Gasteiger partial charge in [0.1, 0.15) is 11.3 Å². The van der Waals surface area contributed by atoms with Crippen molar-refractivity contribution in [2.45, 2.75) is 39.5 Å². The van der Waals surface area contributed by atoms with Gasteiger partial charge in [-0.25, -0.2) is 14.2 Å². The lowest BCUT2D eigenvalue weighted by Crippen LogP contribution is -2.21. The number of benzene rings is 1. The van der Waals surface area contributed by atoms with Crippen molar-refractivity contribution in [1.82, 2.24) is 4.98 Å². The smallest absolute Gasteiger partial charge is 0.336 e. The molecule has 0 saturated carbocycles. The Balaban J connectivity index is 2.44. The van der Waals surface area contributed by atoms with Gasteiger partial charge in [0, 0.05) is 17.0 Å². The van der Waals surface area contributed by atoms with E-state index in [2.05, 4.69) is 11.9 Å². The van der Waals surface area contributed by atoms with Gasteiger partial charge in [0.2, 0.25) is 0 Å². The van der Waals surface area contributed by atoms with Crippen LogP contribution in [0.3, 0.4) is 0 Å². The van der Waals surface area contributed by atoms with Crippen LogP contribution in [0.5, 0.6) is 0 Å². The average Bonchev–Trinajstić information content (AvgIpc) is 2.41. The Morgan fingerprint density at radius 1 is 1.38 bits per heavy atom. The number of halogens is 1. The number of aromatic nitrogens is 1. The Kier molecular flexibility index (Phi) is 3.19. The van der Waals surface area contributed by atoms with Gasteiger partial charge in [-0.3, -0.25) is 0 Å². The molecular formula is C17H18FNO2. The summed E-state index contributed by atoms with van der Waals surface area (Å²) in [6, 6.07) is 3.13. The van der Waals surface area contributed by atoms with E-state index in [1.54, 1.807) is 13.0 Å². The lowest BCUT2D eigenvalue weighted by atomic mass is 9.77. The number of carbonyl (C=O) groups is 1. The molecule has 21 heavy (non-hydrogen) atoms. The predicted molar refractivity (Wildman–Crippen MR) is 79.3 cm³/mol. The first kappa shape index (κ1) is 14.0. The number of aromatic carboxylic acids is 1. The molecule has 1 heterocycles. The lowest BCUT2D eigenvalue weighted by Gasteiger charge is -2.29. The summed E-state index contributed by atoms with van der Waals surface area (Å²) in [6.45, 7) is 5.93. The molecule has 0 radical (unpaired) electrons. The molecule has 110 valence electrons. The first-order chi connectivity index (χ1) is 9.90. The van der Waals surface area contributed by atoms with Crippen molar-refractivity contribution in [2.75, 3.05) is 0 Å². The van der Waals surface area contributed by atoms with Crippen molar-refractivity contribution in [3.63, 3.8) is 0 Å². The maximum absolute atomic E-state index is 14.2. The van der Waals surface area contributed by atoms with Crippen molar-refractivity contribution >= 4 is 16.9 Å². The van der Waals surface area contributed by atoms with Crippen LogP contribution in [-0.4, -0.2) is 16.1 Å². The predicted octanol–water partition coefficient (Wildman–Crippen LogP) is 4.07. The minimum Gasteiger partial charge on any atom is -0.478 e. The molecule has 0 fully saturated rings. The molecule has 3 nitrogen and oxygen atoms in total. The van der Waals surface area contributed by atoms with Crippen LogP contribution in [0.15, 0.2) is 12.1 Å². The summed E-state index contributed by atoms with van der Waals surface area (Å²) >= 11 is 0. The Bertz CT molecular complexity index is 754. The molecule has 4 heteroatoms. The van der Waals surface area contributed by atoms with Crippen LogP contribution < -0.4 is 0 Å². The molecule has 2 atom stereocenters. The molecule has 3 rings (SSSR count). The Morgan fingerprint density at radius 3 is 2.76 bits per heavy atom. The van der Waals surface area contributed by atoms with E-state index in [0.717, 1.165) is 17.7 Å². The summed E-state index contributed by atoms with van der Waals surface area (Å²) in [5.41, 5.74) is 2.66. The van der Waals surface area contributed by atoms with E-state index in [4.69, 9.17) is 0 Å². The van der Waals surface area contributed by atoms with Gasteiger partial charge in [-0.2, -0.15) is 0 Å². The van der Waals surface area contributed by atoms with Crippen LogP contribution in [-0.2, 0) is 6.42 Å². The molecule has 0 bridgehead atoms. The molecule has 0 saturated heterocycles. The second-order valence-corrected chi connectivity index (χ2v) is 6.10. The fourth-order valence-electron chi connectivity index (χ4n) is 3.28. The van der Waals surface area contributed by atoms with Gasteiger partial charge in [0.25, 0.3) is 0 Å². The van der Waals surface area contributed by atoms with Gasteiger partial charge in [0.15, 0.2) is 0 Å². The summed E-state index contributed by atoms with van der Waals surface area (Å²) in [4.78, 5) is 16.2. The van der Waals surface area contributed by atoms with E-state index in [0.29, 0.717) is 23.3 Å². The maximum atomic E-state index is 14.2. The quantitative estimate of drug-likeness (QED) is 0.860. The number of aryl methyl sites for hydroxylation is 1. The number of hydrogen-bond acceptors (Lipinski definition) is 2. The minimum absolute atomic E-state index is 0.150. The third-order valence-electron chi connectivity index (χ3n) is 4.67. The van der Waals surface area contributed by atoms with Crippen LogP contribution in [0.4, 0.5) is 4.39 Å². The molecule has 0 spiro atoms. The third kappa shape index (κ3) is 2.09. The summed E-state index contributed by atoms with van der Waals surface area (Å²) in [5, 5.41) is 10.0. The number of rotatable bonds is 1. The number of hydrogen-bond donors (Lipinski definition) is 1. The second-order valence-electron chi connectivity index (χ2n) is 6.10. The van der Waals surface area contributed by atoms with Gasteiger partial charge in [-0.1, -0.05) is 13.8 Å². The highest BCUT2D eigenvalue weighted by atomic mass is 19.1.